The molecule has 7 nitrogen and oxygen atoms in total. The zero-order valence-corrected chi connectivity index (χ0v) is 17.5. The number of carbonyl (C=O) groups is 1. The zero-order chi connectivity index (χ0) is 20.5. The molecule has 0 aliphatic carbocycles. The van der Waals surface area contributed by atoms with E-state index in [1.807, 2.05) is 24.3 Å². The lowest BCUT2D eigenvalue weighted by Crippen LogP contribution is -2.12. The van der Waals surface area contributed by atoms with Gasteiger partial charge in [-0.1, -0.05) is 17.7 Å². The van der Waals surface area contributed by atoms with Gasteiger partial charge in [0.1, 0.15) is 5.52 Å². The van der Waals surface area contributed by atoms with Gasteiger partial charge in [-0.05, 0) is 65.1 Å². The first-order chi connectivity index (χ1) is 13.9. The normalized spacial score (nSPS) is 10.8. The summed E-state index contributed by atoms with van der Waals surface area (Å²) >= 11 is 8.24. The number of carbonyl (C=O) groups excluding carboxylic acids is 1. The molecule has 1 heterocycles. The summed E-state index contributed by atoms with van der Waals surface area (Å²) in [5, 5.41) is 13.8. The molecule has 29 heavy (non-hydrogen) atoms. The predicted octanol–water partition coefficient (Wildman–Crippen LogP) is 5.91. The smallest absolute Gasteiger partial charge is 0.270 e. The molecule has 0 saturated heterocycles. The third kappa shape index (κ3) is 4.08. The molecule has 0 bridgehead atoms. The number of anilines is 1. The Hall–Kier alpha value is -2.98. The standard InChI is InChI=1S/C20H11ClIN3O4/c21-16-6-5-14(25(27)28)10-15(16)19(26)23-13-4-7-18-17(9-13)24-20(29-18)11-2-1-3-12(22)8-11/h1-10H,(H,23,26). The van der Waals surface area contributed by atoms with Crippen molar-refractivity contribution in [3.05, 3.63) is 84.9 Å². The number of non-ortho nitro benzene ring substituents is 1. The maximum atomic E-state index is 12.5. The molecule has 1 aromatic heterocycles. The van der Waals surface area contributed by atoms with Crippen molar-refractivity contribution in [2.45, 2.75) is 0 Å². The van der Waals surface area contributed by atoms with Crippen LogP contribution in [0.25, 0.3) is 22.6 Å². The van der Waals surface area contributed by atoms with Crippen LogP contribution in [0.4, 0.5) is 11.4 Å². The van der Waals surface area contributed by atoms with Crippen molar-refractivity contribution in [1.29, 1.82) is 0 Å². The Morgan fingerprint density at radius 2 is 1.97 bits per heavy atom. The van der Waals surface area contributed by atoms with Crippen molar-refractivity contribution >= 4 is 62.6 Å². The van der Waals surface area contributed by atoms with Crippen LogP contribution < -0.4 is 5.32 Å². The van der Waals surface area contributed by atoms with Crippen LogP contribution in [0.5, 0.6) is 0 Å². The van der Waals surface area contributed by atoms with Crippen LogP contribution in [0.2, 0.25) is 5.02 Å². The lowest BCUT2D eigenvalue weighted by molar-refractivity contribution is -0.384. The van der Waals surface area contributed by atoms with Crippen LogP contribution in [-0.2, 0) is 0 Å². The van der Waals surface area contributed by atoms with Gasteiger partial charge in [-0.2, -0.15) is 0 Å². The van der Waals surface area contributed by atoms with Crippen molar-refractivity contribution in [2.24, 2.45) is 0 Å². The molecule has 0 atom stereocenters. The van der Waals surface area contributed by atoms with Crippen LogP contribution in [0.1, 0.15) is 10.4 Å². The van der Waals surface area contributed by atoms with Crippen LogP contribution in [-0.4, -0.2) is 15.8 Å². The Morgan fingerprint density at radius 1 is 1.14 bits per heavy atom. The number of benzene rings is 3. The van der Waals surface area contributed by atoms with Crippen molar-refractivity contribution in [3.63, 3.8) is 0 Å². The monoisotopic (exact) mass is 519 g/mol. The van der Waals surface area contributed by atoms with Gasteiger partial charge in [0, 0.05) is 27.0 Å². The molecule has 9 heteroatoms. The fourth-order valence-electron chi connectivity index (χ4n) is 2.75. The Labute approximate surface area is 183 Å². The average molecular weight is 520 g/mol. The summed E-state index contributed by atoms with van der Waals surface area (Å²) in [4.78, 5) is 27.4. The van der Waals surface area contributed by atoms with Gasteiger partial charge in [-0.3, -0.25) is 14.9 Å². The number of halogens is 2. The predicted molar refractivity (Wildman–Crippen MR) is 118 cm³/mol. The third-order valence-corrected chi connectivity index (χ3v) is 5.12. The summed E-state index contributed by atoms with van der Waals surface area (Å²) in [7, 11) is 0. The van der Waals surface area contributed by atoms with Crippen molar-refractivity contribution in [1.82, 2.24) is 4.98 Å². The van der Waals surface area contributed by atoms with E-state index in [2.05, 4.69) is 32.9 Å². The van der Waals surface area contributed by atoms with E-state index < -0.39 is 10.8 Å². The molecule has 0 aliphatic heterocycles. The number of nitrogens with one attached hydrogen (secondary N) is 1. The van der Waals surface area contributed by atoms with E-state index in [1.54, 1.807) is 18.2 Å². The quantitative estimate of drug-likeness (QED) is 0.205. The molecule has 3 aromatic carbocycles. The van der Waals surface area contributed by atoms with Crippen LogP contribution >= 0.6 is 34.2 Å². The number of hydrogen-bond acceptors (Lipinski definition) is 5. The minimum atomic E-state index is -0.582. The van der Waals surface area contributed by atoms with Crippen LogP contribution in [0, 0.1) is 13.7 Å². The zero-order valence-electron chi connectivity index (χ0n) is 14.6. The lowest BCUT2D eigenvalue weighted by Gasteiger charge is -2.06. The average Bonchev–Trinajstić information content (AvgIpc) is 3.11. The second-order valence-electron chi connectivity index (χ2n) is 6.09. The number of nitrogens with zero attached hydrogens (tertiary/aromatic N) is 2. The summed E-state index contributed by atoms with van der Waals surface area (Å²) in [6, 6.07) is 16.5. The van der Waals surface area contributed by atoms with E-state index in [-0.39, 0.29) is 16.3 Å². The van der Waals surface area contributed by atoms with Gasteiger partial charge in [0.25, 0.3) is 11.6 Å². The molecule has 1 N–H and O–H groups in total. The first kappa shape index (κ1) is 19.3. The van der Waals surface area contributed by atoms with Gasteiger partial charge in [-0.15, -0.1) is 0 Å². The van der Waals surface area contributed by atoms with Gasteiger partial charge in [0.15, 0.2) is 5.58 Å². The highest BCUT2D eigenvalue weighted by molar-refractivity contribution is 14.1. The second-order valence-corrected chi connectivity index (χ2v) is 7.74. The number of amides is 1. The number of fused-ring (bicyclic) bond motifs is 1. The molecule has 4 aromatic rings. The maximum Gasteiger partial charge on any atom is 0.270 e. The highest BCUT2D eigenvalue weighted by atomic mass is 127. The molecular weight excluding hydrogens is 509 g/mol. The summed E-state index contributed by atoms with van der Waals surface area (Å²) in [6.07, 6.45) is 0. The number of rotatable bonds is 4. The summed E-state index contributed by atoms with van der Waals surface area (Å²) in [5.74, 6) is -0.0805. The van der Waals surface area contributed by atoms with Crippen molar-refractivity contribution in [3.8, 4) is 11.5 Å². The van der Waals surface area contributed by atoms with Gasteiger partial charge in [-0.25, -0.2) is 4.98 Å². The molecular formula is C20H11ClIN3O4. The molecule has 144 valence electrons. The molecule has 0 fully saturated rings. The summed E-state index contributed by atoms with van der Waals surface area (Å²) in [5.41, 5.74) is 2.26. The SMILES string of the molecule is O=C(Nc1ccc2oc(-c3cccc(I)c3)nc2c1)c1cc([N+](=O)[O-])ccc1Cl. The largest absolute Gasteiger partial charge is 0.436 e. The van der Waals surface area contributed by atoms with E-state index in [0.29, 0.717) is 22.7 Å². The van der Waals surface area contributed by atoms with Crippen molar-refractivity contribution < 1.29 is 14.1 Å². The molecule has 0 unspecified atom stereocenters. The summed E-state index contributed by atoms with van der Waals surface area (Å²) < 4.78 is 6.85. The van der Waals surface area contributed by atoms with E-state index in [9.17, 15) is 14.9 Å². The number of oxazole rings is 1. The first-order valence-electron chi connectivity index (χ1n) is 8.32. The van der Waals surface area contributed by atoms with Crippen molar-refractivity contribution in [2.75, 3.05) is 5.32 Å². The number of aromatic nitrogens is 1. The van der Waals surface area contributed by atoms with Gasteiger partial charge >= 0.3 is 0 Å². The third-order valence-electron chi connectivity index (χ3n) is 4.12. The van der Waals surface area contributed by atoms with Crippen LogP contribution in [0.15, 0.2) is 65.1 Å². The van der Waals surface area contributed by atoms with E-state index in [1.165, 1.54) is 12.1 Å². The highest BCUT2D eigenvalue weighted by Gasteiger charge is 2.17. The maximum absolute atomic E-state index is 12.5. The summed E-state index contributed by atoms with van der Waals surface area (Å²) in [6.45, 7) is 0. The second kappa shape index (κ2) is 7.80. The van der Waals surface area contributed by atoms with E-state index in [4.69, 9.17) is 16.0 Å². The molecule has 0 saturated carbocycles. The minimum absolute atomic E-state index is 0.0145. The lowest BCUT2D eigenvalue weighted by atomic mass is 10.2. The minimum Gasteiger partial charge on any atom is -0.436 e. The Morgan fingerprint density at radius 3 is 2.72 bits per heavy atom. The van der Waals surface area contributed by atoms with Crippen LogP contribution in [0.3, 0.4) is 0 Å². The molecule has 1 amide bonds. The number of nitro benzene ring substituents is 1. The Bertz CT molecular complexity index is 1270. The molecule has 4 rings (SSSR count). The molecule has 0 spiro atoms. The Kier molecular flexibility index (Phi) is 5.20. The topological polar surface area (TPSA) is 98.3 Å². The van der Waals surface area contributed by atoms with Gasteiger partial charge < -0.3 is 9.73 Å². The van der Waals surface area contributed by atoms with E-state index in [0.717, 1.165) is 15.2 Å². The fourth-order valence-corrected chi connectivity index (χ4v) is 3.50. The van der Waals surface area contributed by atoms with Gasteiger partial charge in [0.05, 0.1) is 15.5 Å². The number of hydrogen-bond donors (Lipinski definition) is 1. The molecule has 0 radical (unpaired) electrons. The van der Waals surface area contributed by atoms with Gasteiger partial charge in [0.2, 0.25) is 5.89 Å². The number of nitro groups is 1. The molecule has 0 aliphatic rings. The Balaban J connectivity index is 1.63. The first-order valence-corrected chi connectivity index (χ1v) is 9.78. The fraction of sp³-hybridized carbons (Fsp3) is 0. The van der Waals surface area contributed by atoms with E-state index >= 15 is 0 Å². The highest BCUT2D eigenvalue weighted by Crippen LogP contribution is 2.28.